The summed E-state index contributed by atoms with van der Waals surface area (Å²) in [5.74, 6) is 0.318. The summed E-state index contributed by atoms with van der Waals surface area (Å²) in [4.78, 5) is 17.1. The number of nitrogens with one attached hydrogen (secondary N) is 1. The summed E-state index contributed by atoms with van der Waals surface area (Å²) in [7, 11) is 2.12. The van der Waals surface area contributed by atoms with Gasteiger partial charge in [-0.05, 0) is 50.4 Å². The Bertz CT molecular complexity index is 821. The zero-order chi connectivity index (χ0) is 19.4. The molecule has 0 bridgehead atoms. The Labute approximate surface area is 169 Å². The lowest BCUT2D eigenvalue weighted by Gasteiger charge is -2.34. The number of nitrogens with zero attached hydrogens (tertiary/aromatic N) is 2. The van der Waals surface area contributed by atoms with E-state index in [0.29, 0.717) is 33.7 Å². The molecule has 0 atom stereocenters. The van der Waals surface area contributed by atoms with Gasteiger partial charge in [0.05, 0.1) is 22.3 Å². The summed E-state index contributed by atoms with van der Waals surface area (Å²) in [5, 5.41) is 3.90. The van der Waals surface area contributed by atoms with Gasteiger partial charge in [0.2, 0.25) is 0 Å². The molecule has 2 aromatic carbocycles. The van der Waals surface area contributed by atoms with Crippen LogP contribution in [0.25, 0.3) is 0 Å². The molecule has 1 amide bonds. The average molecular weight is 408 g/mol. The summed E-state index contributed by atoms with van der Waals surface area (Å²) >= 11 is 12.6. The van der Waals surface area contributed by atoms with Crippen molar-refractivity contribution in [3.8, 4) is 5.75 Å². The van der Waals surface area contributed by atoms with Crippen LogP contribution in [0.4, 0.5) is 11.4 Å². The van der Waals surface area contributed by atoms with Crippen molar-refractivity contribution in [3.63, 3.8) is 0 Å². The smallest absolute Gasteiger partial charge is 0.255 e. The van der Waals surface area contributed by atoms with Gasteiger partial charge in [0, 0.05) is 37.4 Å². The van der Waals surface area contributed by atoms with Crippen LogP contribution in [0.3, 0.4) is 0 Å². The van der Waals surface area contributed by atoms with E-state index in [-0.39, 0.29) is 5.91 Å². The van der Waals surface area contributed by atoms with E-state index in [0.717, 1.165) is 31.9 Å². The molecule has 3 rings (SSSR count). The number of amides is 1. The molecule has 27 heavy (non-hydrogen) atoms. The van der Waals surface area contributed by atoms with Crippen molar-refractivity contribution < 1.29 is 9.53 Å². The second-order valence-corrected chi connectivity index (χ2v) is 7.30. The molecule has 5 nitrogen and oxygen atoms in total. The molecule has 0 saturated carbocycles. The van der Waals surface area contributed by atoms with Crippen LogP contribution in [0, 0.1) is 0 Å². The first-order chi connectivity index (χ1) is 13.0. The predicted octanol–water partition coefficient (Wildman–Crippen LogP) is 4.40. The molecule has 1 N–H and O–H groups in total. The van der Waals surface area contributed by atoms with Crippen molar-refractivity contribution in [1.82, 2.24) is 4.90 Å². The van der Waals surface area contributed by atoms with E-state index in [1.165, 1.54) is 0 Å². The molecule has 1 fully saturated rings. The number of carbonyl (C=O) groups excluding carboxylic acids is 1. The fraction of sp³-hybridized carbons (Fsp3) is 0.350. The molecule has 1 heterocycles. The van der Waals surface area contributed by atoms with E-state index in [9.17, 15) is 4.79 Å². The largest absolute Gasteiger partial charge is 0.492 e. The van der Waals surface area contributed by atoms with Gasteiger partial charge in [-0.2, -0.15) is 0 Å². The Balaban J connectivity index is 1.69. The fourth-order valence-corrected chi connectivity index (χ4v) is 3.54. The van der Waals surface area contributed by atoms with E-state index in [2.05, 4.69) is 22.2 Å². The number of piperazine rings is 1. The molecule has 0 spiro atoms. The molecule has 0 aromatic heterocycles. The van der Waals surface area contributed by atoms with Crippen LogP contribution in [0.15, 0.2) is 36.4 Å². The van der Waals surface area contributed by atoms with Gasteiger partial charge in [-0.3, -0.25) is 4.79 Å². The summed E-state index contributed by atoms with van der Waals surface area (Å²) < 4.78 is 5.39. The number of carbonyl (C=O) groups is 1. The number of anilines is 2. The van der Waals surface area contributed by atoms with Crippen molar-refractivity contribution in [2.45, 2.75) is 6.92 Å². The standard InChI is InChI=1S/C20H23Cl2N3O2/c1-3-27-19-7-4-14(12-17(19)22)20(26)23-15-5-6-18(16(21)13-15)25-10-8-24(2)9-11-25/h4-7,12-13H,3,8-11H2,1-2H3,(H,23,26). The maximum Gasteiger partial charge on any atom is 0.255 e. The molecule has 2 aromatic rings. The SMILES string of the molecule is CCOc1ccc(C(=O)Nc2ccc(N3CCN(C)CC3)c(Cl)c2)cc1Cl. The normalized spacial score (nSPS) is 14.9. The van der Waals surface area contributed by atoms with Gasteiger partial charge in [-0.25, -0.2) is 0 Å². The van der Waals surface area contributed by atoms with Crippen molar-refractivity contribution >= 4 is 40.5 Å². The highest BCUT2D eigenvalue weighted by atomic mass is 35.5. The number of hydrogen-bond acceptors (Lipinski definition) is 4. The van der Waals surface area contributed by atoms with Gasteiger partial charge in [-0.1, -0.05) is 23.2 Å². The lowest BCUT2D eigenvalue weighted by molar-refractivity contribution is 0.102. The Kier molecular flexibility index (Phi) is 6.47. The van der Waals surface area contributed by atoms with E-state index >= 15 is 0 Å². The van der Waals surface area contributed by atoms with Crippen LogP contribution < -0.4 is 15.0 Å². The Morgan fingerprint density at radius 3 is 2.44 bits per heavy atom. The Morgan fingerprint density at radius 2 is 1.81 bits per heavy atom. The number of benzene rings is 2. The predicted molar refractivity (Wildman–Crippen MR) is 112 cm³/mol. The highest BCUT2D eigenvalue weighted by molar-refractivity contribution is 6.34. The van der Waals surface area contributed by atoms with Crippen LogP contribution in [-0.2, 0) is 0 Å². The monoisotopic (exact) mass is 407 g/mol. The van der Waals surface area contributed by atoms with E-state index < -0.39 is 0 Å². The molecule has 1 aliphatic heterocycles. The van der Waals surface area contributed by atoms with Crippen LogP contribution >= 0.6 is 23.2 Å². The highest BCUT2D eigenvalue weighted by Gasteiger charge is 2.17. The molecule has 1 aliphatic rings. The summed E-state index contributed by atoms with van der Waals surface area (Å²) in [6.45, 7) is 6.29. The van der Waals surface area contributed by atoms with Crippen molar-refractivity contribution in [1.29, 1.82) is 0 Å². The molecular weight excluding hydrogens is 385 g/mol. The van der Waals surface area contributed by atoms with Gasteiger partial charge >= 0.3 is 0 Å². The van der Waals surface area contributed by atoms with E-state index in [4.69, 9.17) is 27.9 Å². The topological polar surface area (TPSA) is 44.8 Å². The van der Waals surface area contributed by atoms with E-state index in [1.54, 1.807) is 24.3 Å². The van der Waals surface area contributed by atoms with Crippen molar-refractivity contribution in [3.05, 3.63) is 52.0 Å². The molecule has 1 saturated heterocycles. The lowest BCUT2D eigenvalue weighted by atomic mass is 10.2. The third-order valence-corrected chi connectivity index (χ3v) is 5.14. The van der Waals surface area contributed by atoms with Crippen LogP contribution in [-0.4, -0.2) is 50.6 Å². The first kappa shape index (κ1) is 19.8. The zero-order valence-corrected chi connectivity index (χ0v) is 17.0. The molecule has 0 aliphatic carbocycles. The maximum atomic E-state index is 12.5. The van der Waals surface area contributed by atoms with Crippen molar-refractivity contribution in [2.24, 2.45) is 0 Å². The number of hydrogen-bond donors (Lipinski definition) is 1. The number of ether oxygens (including phenoxy) is 1. The molecular formula is C20H23Cl2N3O2. The number of likely N-dealkylation sites (N-methyl/N-ethyl adjacent to an activating group) is 1. The molecule has 0 radical (unpaired) electrons. The van der Waals surface area contributed by atoms with Crippen molar-refractivity contribution in [2.75, 3.05) is 50.1 Å². The van der Waals surface area contributed by atoms with Crippen LogP contribution in [0.2, 0.25) is 10.0 Å². The first-order valence-electron chi connectivity index (χ1n) is 8.94. The average Bonchev–Trinajstić information content (AvgIpc) is 2.64. The summed E-state index contributed by atoms with van der Waals surface area (Å²) in [6, 6.07) is 10.6. The van der Waals surface area contributed by atoms with Gasteiger partial charge < -0.3 is 19.9 Å². The second-order valence-electron chi connectivity index (χ2n) is 6.49. The van der Waals surface area contributed by atoms with Crippen LogP contribution in [0.1, 0.15) is 17.3 Å². The zero-order valence-electron chi connectivity index (χ0n) is 15.5. The Hall–Kier alpha value is -1.95. The van der Waals surface area contributed by atoms with Gasteiger partial charge in [0.1, 0.15) is 5.75 Å². The maximum absolute atomic E-state index is 12.5. The molecule has 7 heteroatoms. The first-order valence-corrected chi connectivity index (χ1v) is 9.70. The quantitative estimate of drug-likeness (QED) is 0.797. The van der Waals surface area contributed by atoms with Gasteiger partial charge in [0.25, 0.3) is 5.91 Å². The third kappa shape index (κ3) is 4.86. The minimum Gasteiger partial charge on any atom is -0.492 e. The molecule has 144 valence electrons. The second kappa shape index (κ2) is 8.83. The van der Waals surface area contributed by atoms with Crippen LogP contribution in [0.5, 0.6) is 5.75 Å². The molecule has 0 unspecified atom stereocenters. The minimum absolute atomic E-state index is 0.247. The van der Waals surface area contributed by atoms with Gasteiger partial charge in [0.15, 0.2) is 0 Å². The number of rotatable bonds is 5. The lowest BCUT2D eigenvalue weighted by Crippen LogP contribution is -2.44. The fourth-order valence-electron chi connectivity index (χ4n) is 3.01. The van der Waals surface area contributed by atoms with Gasteiger partial charge in [-0.15, -0.1) is 0 Å². The van der Waals surface area contributed by atoms with E-state index in [1.807, 2.05) is 19.1 Å². The summed E-state index contributed by atoms with van der Waals surface area (Å²) in [5.41, 5.74) is 2.10. The highest BCUT2D eigenvalue weighted by Crippen LogP contribution is 2.30. The Morgan fingerprint density at radius 1 is 1.07 bits per heavy atom. The minimum atomic E-state index is -0.247. The third-order valence-electron chi connectivity index (χ3n) is 4.54. The number of halogens is 2. The summed E-state index contributed by atoms with van der Waals surface area (Å²) in [6.07, 6.45) is 0.